The first-order chi connectivity index (χ1) is 14.0. The summed E-state index contributed by atoms with van der Waals surface area (Å²) in [5.74, 6) is 0.491. The highest BCUT2D eigenvalue weighted by Crippen LogP contribution is 2.24. The summed E-state index contributed by atoms with van der Waals surface area (Å²) in [5.41, 5.74) is 7.67. The average molecular weight is 436 g/mol. The number of hydrogen-bond donors (Lipinski definition) is 2. The van der Waals surface area contributed by atoms with Crippen LogP contribution in [0, 0.1) is 6.92 Å². The van der Waals surface area contributed by atoms with Crippen LogP contribution in [0.15, 0.2) is 30.5 Å². The van der Waals surface area contributed by atoms with Gasteiger partial charge in [-0.3, -0.25) is 9.59 Å². The molecule has 3 N–H and O–H groups in total. The maximum absolute atomic E-state index is 13.1. The Morgan fingerprint density at radius 2 is 2.10 bits per heavy atom. The minimum atomic E-state index is -0.117. The van der Waals surface area contributed by atoms with E-state index in [4.69, 9.17) is 10.5 Å². The summed E-state index contributed by atoms with van der Waals surface area (Å²) in [6.07, 6.45) is 4.92. The molecule has 1 aromatic heterocycles. The summed E-state index contributed by atoms with van der Waals surface area (Å²) in [5, 5.41) is 7.39. The zero-order valence-corrected chi connectivity index (χ0v) is 18.3. The number of piperidine rings is 1. The zero-order valence-electron chi connectivity index (χ0n) is 17.5. The van der Waals surface area contributed by atoms with Crippen molar-refractivity contribution >= 4 is 24.2 Å². The molecule has 1 fully saturated rings. The number of amides is 2. The van der Waals surface area contributed by atoms with Gasteiger partial charge in [0.2, 0.25) is 5.91 Å². The van der Waals surface area contributed by atoms with Gasteiger partial charge in [0.05, 0.1) is 7.11 Å². The van der Waals surface area contributed by atoms with Crippen molar-refractivity contribution in [3.8, 4) is 11.4 Å². The number of benzene rings is 1. The molecule has 2 aromatic rings. The number of likely N-dealkylation sites (tertiary alicyclic amines) is 1. The third-order valence-corrected chi connectivity index (χ3v) is 5.18. The Labute approximate surface area is 183 Å². The predicted molar refractivity (Wildman–Crippen MR) is 117 cm³/mol. The number of carbonyl (C=O) groups is 2. The topological polar surface area (TPSA) is 102 Å². The van der Waals surface area contributed by atoms with Gasteiger partial charge in [-0.05, 0) is 49.9 Å². The van der Waals surface area contributed by atoms with E-state index in [-0.39, 0.29) is 30.3 Å². The monoisotopic (exact) mass is 435 g/mol. The van der Waals surface area contributed by atoms with Crippen LogP contribution < -0.4 is 15.8 Å². The van der Waals surface area contributed by atoms with Gasteiger partial charge in [-0.1, -0.05) is 6.07 Å². The second-order valence-corrected chi connectivity index (χ2v) is 7.31. The molecule has 1 aliphatic rings. The molecule has 0 spiro atoms. The highest BCUT2D eigenvalue weighted by Gasteiger charge is 2.29. The summed E-state index contributed by atoms with van der Waals surface area (Å²) in [4.78, 5) is 26.7. The Bertz CT molecular complexity index is 870. The first-order valence-corrected chi connectivity index (χ1v) is 10.0. The number of rotatable bonds is 7. The van der Waals surface area contributed by atoms with Crippen LogP contribution in [0.5, 0.6) is 5.75 Å². The lowest BCUT2D eigenvalue weighted by molar-refractivity contribution is -0.121. The molecule has 8 nitrogen and oxygen atoms in total. The van der Waals surface area contributed by atoms with E-state index < -0.39 is 0 Å². The number of carbonyl (C=O) groups excluding carboxylic acids is 2. The fraction of sp³-hybridized carbons (Fsp3) is 0.476. The lowest BCUT2D eigenvalue weighted by Crippen LogP contribution is -2.49. The van der Waals surface area contributed by atoms with Crippen molar-refractivity contribution in [2.75, 3.05) is 26.7 Å². The van der Waals surface area contributed by atoms with Crippen molar-refractivity contribution in [1.29, 1.82) is 0 Å². The van der Waals surface area contributed by atoms with E-state index in [1.54, 1.807) is 24.1 Å². The van der Waals surface area contributed by atoms with Crippen LogP contribution in [-0.4, -0.2) is 59.3 Å². The Morgan fingerprint density at radius 3 is 2.83 bits per heavy atom. The molecular formula is C21H30ClN5O3. The van der Waals surface area contributed by atoms with Crippen molar-refractivity contribution in [2.45, 2.75) is 38.6 Å². The van der Waals surface area contributed by atoms with Gasteiger partial charge < -0.3 is 20.7 Å². The van der Waals surface area contributed by atoms with Crippen molar-refractivity contribution in [1.82, 2.24) is 20.0 Å². The van der Waals surface area contributed by atoms with Crippen molar-refractivity contribution < 1.29 is 14.3 Å². The maximum atomic E-state index is 13.1. The number of aromatic nitrogens is 2. The first kappa shape index (κ1) is 23.7. The third kappa shape index (κ3) is 5.52. The van der Waals surface area contributed by atoms with Crippen molar-refractivity contribution in [2.24, 2.45) is 5.73 Å². The number of hydrogen-bond acceptors (Lipinski definition) is 5. The molecule has 1 atom stereocenters. The fourth-order valence-electron chi connectivity index (χ4n) is 3.63. The van der Waals surface area contributed by atoms with Gasteiger partial charge in [-0.15, -0.1) is 12.4 Å². The van der Waals surface area contributed by atoms with Gasteiger partial charge >= 0.3 is 0 Å². The molecule has 0 bridgehead atoms. The number of halogens is 1. The number of ether oxygens (including phenoxy) is 1. The van der Waals surface area contributed by atoms with E-state index in [0.717, 1.165) is 30.5 Å². The van der Waals surface area contributed by atoms with Gasteiger partial charge in [0, 0.05) is 38.3 Å². The van der Waals surface area contributed by atoms with Crippen LogP contribution in [0.2, 0.25) is 0 Å². The lowest BCUT2D eigenvalue weighted by atomic mass is 10.0. The van der Waals surface area contributed by atoms with E-state index >= 15 is 0 Å². The molecule has 164 valence electrons. The second kappa shape index (κ2) is 11.0. The van der Waals surface area contributed by atoms with Gasteiger partial charge in [0.25, 0.3) is 5.91 Å². The zero-order chi connectivity index (χ0) is 20.8. The molecule has 3 rings (SSSR count). The number of nitrogens with zero attached hydrogens (tertiary/aromatic N) is 3. The molecule has 1 saturated heterocycles. The van der Waals surface area contributed by atoms with E-state index in [9.17, 15) is 9.59 Å². The standard InChI is InChI=1S/C21H29N5O3.ClH/c1-15-6-7-19(29-2)18(13-15)26-12-9-17(24-26)21(28)25-11-4-3-5-16(25)14-23-20(27)8-10-22;/h6-7,9,12-13,16H,3-5,8,10-11,14,22H2,1-2H3,(H,23,27);1H. The Kier molecular flexibility index (Phi) is 8.68. The van der Waals surface area contributed by atoms with E-state index in [0.29, 0.717) is 37.5 Å². The highest BCUT2D eigenvalue weighted by atomic mass is 35.5. The predicted octanol–water partition coefficient (Wildman–Crippen LogP) is 2.07. The summed E-state index contributed by atoms with van der Waals surface area (Å²) in [6, 6.07) is 7.52. The van der Waals surface area contributed by atoms with Crippen LogP contribution in [0.1, 0.15) is 41.7 Å². The van der Waals surface area contributed by atoms with Gasteiger partial charge in [0.1, 0.15) is 11.4 Å². The molecular weight excluding hydrogens is 406 g/mol. The molecule has 1 aromatic carbocycles. The maximum Gasteiger partial charge on any atom is 0.274 e. The quantitative estimate of drug-likeness (QED) is 0.693. The molecule has 0 saturated carbocycles. The Morgan fingerprint density at radius 1 is 1.30 bits per heavy atom. The summed E-state index contributed by atoms with van der Waals surface area (Å²) in [7, 11) is 1.61. The van der Waals surface area contributed by atoms with Gasteiger partial charge in [-0.25, -0.2) is 4.68 Å². The van der Waals surface area contributed by atoms with Gasteiger partial charge in [-0.2, -0.15) is 5.10 Å². The van der Waals surface area contributed by atoms with E-state index in [1.807, 2.05) is 30.0 Å². The fourth-order valence-corrected chi connectivity index (χ4v) is 3.63. The third-order valence-electron chi connectivity index (χ3n) is 5.18. The van der Waals surface area contributed by atoms with Crippen LogP contribution in [0.4, 0.5) is 0 Å². The number of methoxy groups -OCH3 is 1. The SMILES string of the molecule is COc1ccc(C)cc1-n1ccc(C(=O)N2CCCCC2CNC(=O)CCN)n1.Cl. The number of nitrogens with one attached hydrogen (secondary N) is 1. The average Bonchev–Trinajstić information content (AvgIpc) is 3.22. The Hall–Kier alpha value is -2.58. The van der Waals surface area contributed by atoms with Crippen LogP contribution in [0.25, 0.3) is 5.69 Å². The number of nitrogens with two attached hydrogens (primary N) is 1. The minimum absolute atomic E-state index is 0. The van der Waals surface area contributed by atoms with Crippen molar-refractivity contribution in [3.63, 3.8) is 0 Å². The van der Waals surface area contributed by atoms with Crippen LogP contribution in [0.3, 0.4) is 0 Å². The minimum Gasteiger partial charge on any atom is -0.494 e. The highest BCUT2D eigenvalue weighted by molar-refractivity contribution is 5.92. The summed E-state index contributed by atoms with van der Waals surface area (Å²) < 4.78 is 7.09. The second-order valence-electron chi connectivity index (χ2n) is 7.31. The first-order valence-electron chi connectivity index (χ1n) is 10.0. The number of aryl methyl sites for hydroxylation is 1. The Balaban J connectivity index is 0.00000320. The molecule has 2 heterocycles. The molecule has 2 amide bonds. The molecule has 0 radical (unpaired) electrons. The normalized spacial score (nSPS) is 16.0. The molecule has 0 aliphatic carbocycles. The van der Waals surface area contributed by atoms with Crippen LogP contribution >= 0.6 is 12.4 Å². The molecule has 1 aliphatic heterocycles. The molecule has 1 unspecified atom stereocenters. The summed E-state index contributed by atoms with van der Waals surface area (Å²) in [6.45, 7) is 3.42. The van der Waals surface area contributed by atoms with E-state index in [2.05, 4.69) is 10.4 Å². The molecule has 30 heavy (non-hydrogen) atoms. The van der Waals surface area contributed by atoms with E-state index in [1.165, 1.54) is 0 Å². The molecule has 9 heteroatoms. The van der Waals surface area contributed by atoms with Crippen LogP contribution in [-0.2, 0) is 4.79 Å². The van der Waals surface area contributed by atoms with Gasteiger partial charge in [0.15, 0.2) is 5.69 Å². The smallest absolute Gasteiger partial charge is 0.274 e. The lowest BCUT2D eigenvalue weighted by Gasteiger charge is -2.35. The van der Waals surface area contributed by atoms with Crippen molar-refractivity contribution in [3.05, 3.63) is 41.7 Å². The summed E-state index contributed by atoms with van der Waals surface area (Å²) >= 11 is 0. The largest absolute Gasteiger partial charge is 0.494 e.